The van der Waals surface area contributed by atoms with Crippen molar-refractivity contribution in [2.24, 2.45) is 0 Å². The number of methoxy groups -OCH3 is 1. The fourth-order valence-electron chi connectivity index (χ4n) is 4.30. The van der Waals surface area contributed by atoms with E-state index in [9.17, 15) is 0 Å². The second-order valence-corrected chi connectivity index (χ2v) is 8.07. The molecule has 1 unspecified atom stereocenters. The molecule has 3 heterocycles. The molecule has 1 atom stereocenters. The lowest BCUT2D eigenvalue weighted by molar-refractivity contribution is 0.170. The monoisotopic (exact) mass is 392 g/mol. The van der Waals surface area contributed by atoms with Gasteiger partial charge in [0, 0.05) is 24.9 Å². The lowest BCUT2D eigenvalue weighted by Crippen LogP contribution is -2.37. The molecule has 2 fully saturated rings. The molecule has 1 aromatic carbocycles. The third kappa shape index (κ3) is 3.79. The second-order valence-electron chi connectivity index (χ2n) is 8.07. The molecule has 1 aliphatic heterocycles. The molecule has 0 spiro atoms. The van der Waals surface area contributed by atoms with Crippen molar-refractivity contribution in [2.45, 2.75) is 44.1 Å². The highest BCUT2D eigenvalue weighted by Gasteiger charge is 2.29. The van der Waals surface area contributed by atoms with Gasteiger partial charge in [0.05, 0.1) is 13.2 Å². The highest BCUT2D eigenvalue weighted by atomic mass is 16.5. The van der Waals surface area contributed by atoms with E-state index in [4.69, 9.17) is 4.74 Å². The second kappa shape index (κ2) is 7.99. The summed E-state index contributed by atoms with van der Waals surface area (Å²) in [5.41, 5.74) is 2.12. The first-order valence-corrected chi connectivity index (χ1v) is 10.6. The summed E-state index contributed by atoms with van der Waals surface area (Å²) < 4.78 is 7.43. The molecule has 0 amide bonds. The van der Waals surface area contributed by atoms with Crippen molar-refractivity contribution in [1.82, 2.24) is 24.5 Å². The summed E-state index contributed by atoms with van der Waals surface area (Å²) in [6.07, 6.45) is 10.1. The third-order valence-corrected chi connectivity index (χ3v) is 6.09. The Labute approximate surface area is 171 Å². The van der Waals surface area contributed by atoms with Crippen LogP contribution in [-0.2, 0) is 0 Å². The van der Waals surface area contributed by atoms with Crippen LogP contribution in [0.2, 0.25) is 0 Å². The molecule has 7 nitrogen and oxygen atoms in total. The van der Waals surface area contributed by atoms with Crippen LogP contribution < -0.4 is 10.1 Å². The van der Waals surface area contributed by atoms with Crippen molar-refractivity contribution in [3.8, 4) is 5.75 Å². The maximum atomic E-state index is 5.34. The number of likely N-dealkylation sites (tertiary alicyclic amines) is 1. The number of aromatic nitrogens is 4. The minimum atomic E-state index is 0.286. The Balaban J connectivity index is 1.39. The molecule has 152 valence electrons. The van der Waals surface area contributed by atoms with Gasteiger partial charge in [-0.3, -0.25) is 9.30 Å². The zero-order valence-electron chi connectivity index (χ0n) is 16.9. The lowest BCUT2D eigenvalue weighted by Gasteiger charge is -2.35. The number of benzene rings is 1. The van der Waals surface area contributed by atoms with Crippen LogP contribution in [-0.4, -0.2) is 51.2 Å². The normalized spacial score (nSPS) is 18.7. The predicted octanol–water partition coefficient (Wildman–Crippen LogP) is 3.65. The smallest absolute Gasteiger partial charge is 0.203 e. The van der Waals surface area contributed by atoms with Crippen molar-refractivity contribution in [3.63, 3.8) is 0 Å². The Bertz CT molecular complexity index is 959. The summed E-state index contributed by atoms with van der Waals surface area (Å²) in [5.74, 6) is 3.32. The molecule has 2 aromatic heterocycles. The maximum absolute atomic E-state index is 5.34. The van der Waals surface area contributed by atoms with Gasteiger partial charge in [-0.25, -0.2) is 4.98 Å². The Kier molecular flexibility index (Phi) is 5.06. The summed E-state index contributed by atoms with van der Waals surface area (Å²) in [7, 11) is 1.71. The first-order chi connectivity index (χ1) is 14.3. The van der Waals surface area contributed by atoms with Crippen LogP contribution in [0.1, 0.15) is 55.5 Å². The van der Waals surface area contributed by atoms with Crippen molar-refractivity contribution < 1.29 is 4.74 Å². The molecule has 5 rings (SSSR count). The van der Waals surface area contributed by atoms with Crippen LogP contribution in [0.25, 0.3) is 5.65 Å². The number of nitrogens with one attached hydrogen (secondary N) is 1. The summed E-state index contributed by atoms with van der Waals surface area (Å²) in [6, 6.07) is 8.73. The van der Waals surface area contributed by atoms with Gasteiger partial charge in [-0.15, -0.1) is 10.2 Å². The van der Waals surface area contributed by atoms with Gasteiger partial charge < -0.3 is 10.1 Å². The first-order valence-electron chi connectivity index (χ1n) is 10.6. The quantitative estimate of drug-likeness (QED) is 0.662. The molecular weight excluding hydrogens is 364 g/mol. The molecule has 29 heavy (non-hydrogen) atoms. The van der Waals surface area contributed by atoms with Gasteiger partial charge >= 0.3 is 0 Å². The summed E-state index contributed by atoms with van der Waals surface area (Å²) >= 11 is 0. The van der Waals surface area contributed by atoms with E-state index in [0.717, 1.165) is 42.7 Å². The number of nitrogens with zero attached hydrogens (tertiary/aromatic N) is 5. The van der Waals surface area contributed by atoms with Crippen molar-refractivity contribution >= 4 is 11.5 Å². The van der Waals surface area contributed by atoms with Gasteiger partial charge in [0.15, 0.2) is 5.82 Å². The number of piperidine rings is 1. The molecule has 2 aliphatic rings. The highest BCUT2D eigenvalue weighted by Crippen LogP contribution is 2.39. The standard InChI is InChI=1S/C22H28N6O/c1-29-18-9-7-16(8-10-18)19(27-12-3-2-4-13-27)15-24-20-22-26-25-21(17-5-6-17)28(22)14-11-23-20/h7-11,14,17,19H,2-6,12-13,15H2,1H3,(H,23,24). The van der Waals surface area contributed by atoms with Crippen LogP contribution in [0.15, 0.2) is 36.7 Å². The molecule has 1 saturated carbocycles. The zero-order valence-corrected chi connectivity index (χ0v) is 16.9. The summed E-state index contributed by atoms with van der Waals surface area (Å²) in [6.45, 7) is 3.05. The van der Waals surface area contributed by atoms with Crippen LogP contribution >= 0.6 is 0 Å². The van der Waals surface area contributed by atoms with Crippen molar-refractivity contribution in [2.75, 3.05) is 32.1 Å². The van der Waals surface area contributed by atoms with Gasteiger partial charge in [0.25, 0.3) is 0 Å². The average molecular weight is 393 g/mol. The SMILES string of the molecule is COc1ccc(C(CNc2nccn3c(C4CC4)nnc23)N2CCCCC2)cc1. The van der Waals surface area contributed by atoms with Gasteiger partial charge in [0.2, 0.25) is 5.65 Å². The van der Waals surface area contributed by atoms with Crippen molar-refractivity contribution in [1.29, 1.82) is 0 Å². The molecule has 1 N–H and O–H groups in total. The number of fused-ring (bicyclic) bond motifs is 1. The van der Waals surface area contributed by atoms with Crippen LogP contribution in [0.5, 0.6) is 5.75 Å². The highest BCUT2D eigenvalue weighted by molar-refractivity contribution is 5.62. The van der Waals surface area contributed by atoms with Gasteiger partial charge in [-0.05, 0) is 56.5 Å². The minimum absolute atomic E-state index is 0.286. The van der Waals surface area contributed by atoms with E-state index in [1.54, 1.807) is 7.11 Å². The van der Waals surface area contributed by atoms with E-state index in [-0.39, 0.29) is 6.04 Å². The van der Waals surface area contributed by atoms with Crippen LogP contribution in [0.3, 0.4) is 0 Å². The van der Waals surface area contributed by atoms with E-state index in [1.165, 1.54) is 37.7 Å². The fraction of sp³-hybridized carbons (Fsp3) is 0.500. The summed E-state index contributed by atoms with van der Waals surface area (Å²) in [5, 5.41) is 12.4. The largest absolute Gasteiger partial charge is 0.497 e. The molecule has 7 heteroatoms. The molecule has 1 aliphatic carbocycles. The van der Waals surface area contributed by atoms with E-state index < -0.39 is 0 Å². The van der Waals surface area contributed by atoms with E-state index >= 15 is 0 Å². The topological polar surface area (TPSA) is 67.6 Å². The van der Waals surface area contributed by atoms with Crippen molar-refractivity contribution in [3.05, 3.63) is 48.0 Å². The van der Waals surface area contributed by atoms with Gasteiger partial charge in [-0.1, -0.05) is 18.6 Å². The zero-order chi connectivity index (χ0) is 19.6. The molecule has 0 bridgehead atoms. The fourth-order valence-corrected chi connectivity index (χ4v) is 4.30. The van der Waals surface area contributed by atoms with Gasteiger partial charge in [-0.2, -0.15) is 0 Å². The number of anilines is 1. The molecular formula is C22H28N6O. The maximum Gasteiger partial charge on any atom is 0.203 e. The molecule has 1 saturated heterocycles. The Morgan fingerprint density at radius 3 is 2.62 bits per heavy atom. The number of rotatable bonds is 7. The molecule has 0 radical (unpaired) electrons. The number of ether oxygens (including phenoxy) is 1. The van der Waals surface area contributed by atoms with Crippen LogP contribution in [0, 0.1) is 0 Å². The average Bonchev–Trinajstić information content (AvgIpc) is 3.53. The van der Waals surface area contributed by atoms with E-state index in [0.29, 0.717) is 5.92 Å². The number of hydrogen-bond donors (Lipinski definition) is 1. The third-order valence-electron chi connectivity index (χ3n) is 6.09. The Morgan fingerprint density at radius 2 is 1.90 bits per heavy atom. The first kappa shape index (κ1) is 18.4. The molecule has 3 aromatic rings. The number of hydrogen-bond acceptors (Lipinski definition) is 6. The van der Waals surface area contributed by atoms with Crippen LogP contribution in [0.4, 0.5) is 5.82 Å². The van der Waals surface area contributed by atoms with E-state index in [2.05, 4.69) is 41.9 Å². The predicted molar refractivity (Wildman–Crippen MR) is 112 cm³/mol. The Morgan fingerprint density at radius 1 is 1.10 bits per heavy atom. The van der Waals surface area contributed by atoms with E-state index in [1.807, 2.05) is 24.5 Å². The minimum Gasteiger partial charge on any atom is -0.497 e. The lowest BCUT2D eigenvalue weighted by atomic mass is 10.0. The van der Waals surface area contributed by atoms with Gasteiger partial charge in [0.1, 0.15) is 11.6 Å². The Hall–Kier alpha value is -2.67. The summed E-state index contributed by atoms with van der Waals surface area (Å²) in [4.78, 5) is 7.15.